The molecule has 0 amide bonds. The van der Waals surface area contributed by atoms with Crippen LogP contribution in [0.4, 0.5) is 0 Å². The Morgan fingerprint density at radius 2 is 1.00 bits per heavy atom. The molecular weight excluding hydrogens is 268 g/mol. The summed E-state index contributed by atoms with van der Waals surface area (Å²) in [6.07, 6.45) is 11.2. The topological polar surface area (TPSA) is 6.48 Å². The Labute approximate surface area is 136 Å². The maximum absolute atomic E-state index is 2.65. The molecule has 2 nitrogen and oxygen atoms in total. The minimum absolute atomic E-state index is 1.15. The van der Waals surface area contributed by atoms with Crippen molar-refractivity contribution >= 4 is 0 Å². The first-order valence-corrected chi connectivity index (χ1v) is 9.43. The third-order valence-corrected chi connectivity index (χ3v) is 5.20. The summed E-state index contributed by atoms with van der Waals surface area (Å²) in [4.78, 5) is 5.30. The molecular formula is C20H32N2. The fourth-order valence-electron chi connectivity index (χ4n) is 3.93. The van der Waals surface area contributed by atoms with Crippen LogP contribution in [-0.2, 0) is 13.1 Å². The second-order valence-electron chi connectivity index (χ2n) is 7.20. The van der Waals surface area contributed by atoms with E-state index in [0.717, 1.165) is 13.1 Å². The normalized spacial score (nSPS) is 22.2. The molecule has 2 aliphatic heterocycles. The van der Waals surface area contributed by atoms with E-state index in [1.807, 2.05) is 0 Å². The molecule has 0 aromatic heterocycles. The molecule has 0 N–H and O–H groups in total. The standard InChI is InChI=1S/C20H32N2/c1-2-6-13-21(12-5-1)17-19-10-9-11-20(16-19)18-22-14-7-3-4-8-15-22/h9-11,16H,1-8,12-15,17-18H2. The van der Waals surface area contributed by atoms with Crippen LogP contribution in [-0.4, -0.2) is 36.0 Å². The molecule has 0 atom stereocenters. The molecule has 0 spiro atoms. The smallest absolute Gasteiger partial charge is 0.0233 e. The number of nitrogens with zero attached hydrogens (tertiary/aromatic N) is 2. The molecule has 2 heterocycles. The highest BCUT2D eigenvalue weighted by Gasteiger charge is 2.12. The molecule has 1 aromatic carbocycles. The van der Waals surface area contributed by atoms with Gasteiger partial charge in [-0.3, -0.25) is 9.80 Å². The van der Waals surface area contributed by atoms with Crippen molar-refractivity contribution in [2.45, 2.75) is 64.5 Å². The Morgan fingerprint density at radius 1 is 0.591 bits per heavy atom. The van der Waals surface area contributed by atoms with Gasteiger partial charge in [-0.25, -0.2) is 0 Å². The summed E-state index contributed by atoms with van der Waals surface area (Å²) < 4.78 is 0. The lowest BCUT2D eigenvalue weighted by Gasteiger charge is -2.22. The number of hydrogen-bond acceptors (Lipinski definition) is 2. The largest absolute Gasteiger partial charge is 0.299 e. The van der Waals surface area contributed by atoms with Crippen LogP contribution in [0.3, 0.4) is 0 Å². The summed E-state index contributed by atoms with van der Waals surface area (Å²) in [5, 5.41) is 0. The molecule has 0 radical (unpaired) electrons. The van der Waals surface area contributed by atoms with E-state index < -0.39 is 0 Å². The average molecular weight is 300 g/mol. The first kappa shape index (κ1) is 16.0. The third-order valence-electron chi connectivity index (χ3n) is 5.20. The van der Waals surface area contributed by atoms with Crippen molar-refractivity contribution < 1.29 is 0 Å². The zero-order valence-corrected chi connectivity index (χ0v) is 14.1. The lowest BCUT2D eigenvalue weighted by Crippen LogP contribution is -2.25. The van der Waals surface area contributed by atoms with E-state index in [2.05, 4.69) is 34.1 Å². The summed E-state index contributed by atoms with van der Waals surface area (Å²) in [7, 11) is 0. The first-order chi connectivity index (χ1) is 10.9. The zero-order chi connectivity index (χ0) is 15.0. The summed E-state index contributed by atoms with van der Waals surface area (Å²) >= 11 is 0. The molecule has 2 saturated heterocycles. The SMILES string of the molecule is c1cc(CN2CCCCCC2)cc(CN2CCCCCC2)c1. The van der Waals surface area contributed by atoms with Crippen LogP contribution in [0.15, 0.2) is 24.3 Å². The van der Waals surface area contributed by atoms with Gasteiger partial charge in [0.05, 0.1) is 0 Å². The monoisotopic (exact) mass is 300 g/mol. The quantitative estimate of drug-likeness (QED) is 0.811. The van der Waals surface area contributed by atoms with Gasteiger partial charge >= 0.3 is 0 Å². The molecule has 22 heavy (non-hydrogen) atoms. The van der Waals surface area contributed by atoms with E-state index in [1.54, 1.807) is 0 Å². The van der Waals surface area contributed by atoms with Gasteiger partial charge in [0, 0.05) is 13.1 Å². The molecule has 0 aliphatic carbocycles. The Morgan fingerprint density at radius 3 is 1.41 bits per heavy atom. The molecule has 122 valence electrons. The maximum Gasteiger partial charge on any atom is 0.0233 e. The molecule has 0 bridgehead atoms. The van der Waals surface area contributed by atoms with Crippen molar-refractivity contribution in [1.29, 1.82) is 0 Å². The van der Waals surface area contributed by atoms with Crippen LogP contribution in [0.1, 0.15) is 62.5 Å². The summed E-state index contributed by atoms with van der Waals surface area (Å²) in [5.41, 5.74) is 3.02. The second-order valence-corrected chi connectivity index (χ2v) is 7.20. The average Bonchev–Trinajstić information content (AvgIpc) is 2.93. The van der Waals surface area contributed by atoms with Crippen molar-refractivity contribution in [1.82, 2.24) is 9.80 Å². The first-order valence-electron chi connectivity index (χ1n) is 9.43. The van der Waals surface area contributed by atoms with Crippen LogP contribution in [0.25, 0.3) is 0 Å². The van der Waals surface area contributed by atoms with Crippen LogP contribution in [0.2, 0.25) is 0 Å². The maximum atomic E-state index is 2.65. The number of likely N-dealkylation sites (tertiary alicyclic amines) is 2. The van der Waals surface area contributed by atoms with Gasteiger partial charge in [-0.2, -0.15) is 0 Å². The fraction of sp³-hybridized carbons (Fsp3) is 0.700. The lowest BCUT2D eigenvalue weighted by molar-refractivity contribution is 0.272. The predicted octanol–water partition coefficient (Wildman–Crippen LogP) is 4.44. The molecule has 0 saturated carbocycles. The van der Waals surface area contributed by atoms with Gasteiger partial charge in [-0.05, 0) is 63.0 Å². The highest BCUT2D eigenvalue weighted by atomic mass is 15.1. The van der Waals surface area contributed by atoms with Gasteiger partial charge in [0.2, 0.25) is 0 Å². The van der Waals surface area contributed by atoms with Gasteiger partial charge in [0.1, 0.15) is 0 Å². The minimum Gasteiger partial charge on any atom is -0.299 e. The van der Waals surface area contributed by atoms with Crippen LogP contribution in [0, 0.1) is 0 Å². The number of benzene rings is 1. The number of rotatable bonds is 4. The molecule has 2 fully saturated rings. The van der Waals surface area contributed by atoms with Crippen molar-refractivity contribution in [3.05, 3.63) is 35.4 Å². The Balaban J connectivity index is 1.56. The van der Waals surface area contributed by atoms with Gasteiger partial charge in [-0.1, -0.05) is 49.9 Å². The fourth-order valence-corrected chi connectivity index (χ4v) is 3.93. The summed E-state index contributed by atoms with van der Waals surface area (Å²) in [5.74, 6) is 0. The molecule has 2 aliphatic rings. The van der Waals surface area contributed by atoms with E-state index in [0.29, 0.717) is 0 Å². The van der Waals surface area contributed by atoms with E-state index in [9.17, 15) is 0 Å². The second kappa shape index (κ2) is 8.69. The van der Waals surface area contributed by atoms with Gasteiger partial charge in [0.15, 0.2) is 0 Å². The van der Waals surface area contributed by atoms with Crippen molar-refractivity contribution in [3.8, 4) is 0 Å². The number of hydrogen-bond donors (Lipinski definition) is 0. The minimum atomic E-state index is 1.15. The third kappa shape index (κ3) is 5.10. The molecule has 1 aromatic rings. The summed E-state index contributed by atoms with van der Waals surface area (Å²) in [6.45, 7) is 7.45. The van der Waals surface area contributed by atoms with Gasteiger partial charge in [-0.15, -0.1) is 0 Å². The molecule has 0 unspecified atom stereocenters. The van der Waals surface area contributed by atoms with Crippen molar-refractivity contribution in [2.75, 3.05) is 26.2 Å². The van der Waals surface area contributed by atoms with E-state index >= 15 is 0 Å². The van der Waals surface area contributed by atoms with E-state index in [1.165, 1.54) is 88.7 Å². The highest BCUT2D eigenvalue weighted by molar-refractivity contribution is 5.23. The van der Waals surface area contributed by atoms with E-state index in [4.69, 9.17) is 0 Å². The molecule has 2 heteroatoms. The Bertz CT molecular complexity index is 390. The Kier molecular flexibility index (Phi) is 6.32. The predicted molar refractivity (Wildman–Crippen MR) is 93.9 cm³/mol. The van der Waals surface area contributed by atoms with Crippen molar-refractivity contribution in [2.24, 2.45) is 0 Å². The van der Waals surface area contributed by atoms with Gasteiger partial charge in [0.25, 0.3) is 0 Å². The lowest BCUT2D eigenvalue weighted by atomic mass is 10.1. The van der Waals surface area contributed by atoms with Crippen LogP contribution < -0.4 is 0 Å². The summed E-state index contributed by atoms with van der Waals surface area (Å²) in [6, 6.07) is 9.35. The highest BCUT2D eigenvalue weighted by Crippen LogP contribution is 2.17. The Hall–Kier alpha value is -0.860. The van der Waals surface area contributed by atoms with Crippen molar-refractivity contribution in [3.63, 3.8) is 0 Å². The van der Waals surface area contributed by atoms with E-state index in [-0.39, 0.29) is 0 Å². The molecule has 3 rings (SSSR count). The zero-order valence-electron chi connectivity index (χ0n) is 14.1. The van der Waals surface area contributed by atoms with Crippen LogP contribution in [0.5, 0.6) is 0 Å². The van der Waals surface area contributed by atoms with Crippen LogP contribution >= 0.6 is 0 Å². The van der Waals surface area contributed by atoms with Gasteiger partial charge < -0.3 is 0 Å².